The normalized spacial score (nSPS) is 22.2. The Hall–Kier alpha value is -2.32. The third-order valence-electron chi connectivity index (χ3n) is 4.04. The van der Waals surface area contributed by atoms with Crippen LogP contribution in [-0.4, -0.2) is 17.9 Å². The number of thiophene rings is 1. The molecule has 1 atom stereocenters. The Balaban J connectivity index is 2.16. The standard InChI is InChI=1S/C16H16N4S/c1-10-7-16(2,19-15(18)20(10)3)12-4-5-14-13(6-12)11(8-17)9-21-14/h4-6,9H,1,7H2,2-3H3,(H2,18,19)/t16-/m0/s1. The van der Waals surface area contributed by atoms with E-state index in [9.17, 15) is 5.26 Å². The maximum atomic E-state index is 9.20. The Morgan fingerprint density at radius 3 is 2.95 bits per heavy atom. The van der Waals surface area contributed by atoms with Crippen molar-refractivity contribution in [2.45, 2.75) is 18.9 Å². The first-order valence-electron chi connectivity index (χ1n) is 6.63. The van der Waals surface area contributed by atoms with Crippen LogP contribution in [0.2, 0.25) is 0 Å². The van der Waals surface area contributed by atoms with Gasteiger partial charge in [-0.15, -0.1) is 11.3 Å². The number of guanidine groups is 1. The first-order valence-corrected chi connectivity index (χ1v) is 7.51. The number of hydrogen-bond donors (Lipinski definition) is 1. The zero-order valence-corrected chi connectivity index (χ0v) is 12.9. The fourth-order valence-corrected chi connectivity index (χ4v) is 3.53. The number of hydrogen-bond acceptors (Lipinski definition) is 5. The van der Waals surface area contributed by atoms with Crippen LogP contribution in [0.4, 0.5) is 0 Å². The summed E-state index contributed by atoms with van der Waals surface area (Å²) >= 11 is 1.59. The summed E-state index contributed by atoms with van der Waals surface area (Å²) in [4.78, 5) is 6.45. The van der Waals surface area contributed by atoms with Crippen molar-refractivity contribution in [1.29, 1.82) is 5.26 Å². The van der Waals surface area contributed by atoms with Gasteiger partial charge in [0.1, 0.15) is 6.07 Å². The number of nitrogens with two attached hydrogens (primary N) is 1. The van der Waals surface area contributed by atoms with Crippen molar-refractivity contribution in [2.75, 3.05) is 7.05 Å². The molecule has 2 N–H and O–H groups in total. The van der Waals surface area contributed by atoms with Crippen molar-refractivity contribution in [3.8, 4) is 6.07 Å². The second-order valence-corrected chi connectivity index (χ2v) is 6.43. The molecule has 1 aromatic heterocycles. The van der Waals surface area contributed by atoms with Crippen LogP contribution in [0, 0.1) is 11.3 Å². The monoisotopic (exact) mass is 296 g/mol. The van der Waals surface area contributed by atoms with Crippen molar-refractivity contribution in [2.24, 2.45) is 10.7 Å². The van der Waals surface area contributed by atoms with E-state index < -0.39 is 5.54 Å². The smallest absolute Gasteiger partial charge is 0.196 e. The van der Waals surface area contributed by atoms with E-state index in [1.54, 1.807) is 11.3 Å². The lowest BCUT2D eigenvalue weighted by molar-refractivity contribution is 0.401. The van der Waals surface area contributed by atoms with Crippen molar-refractivity contribution in [3.05, 3.63) is 47.0 Å². The van der Waals surface area contributed by atoms with E-state index >= 15 is 0 Å². The first kappa shape index (κ1) is 13.7. The van der Waals surface area contributed by atoms with Crippen molar-refractivity contribution < 1.29 is 0 Å². The van der Waals surface area contributed by atoms with E-state index in [1.165, 1.54) is 0 Å². The topological polar surface area (TPSA) is 65.4 Å². The minimum atomic E-state index is -0.434. The van der Waals surface area contributed by atoms with E-state index in [2.05, 4.69) is 36.7 Å². The predicted octanol–water partition coefficient (Wildman–Crippen LogP) is 3.15. The summed E-state index contributed by atoms with van der Waals surface area (Å²) in [5.41, 5.74) is 8.27. The summed E-state index contributed by atoms with van der Waals surface area (Å²) in [6.07, 6.45) is 0.710. The summed E-state index contributed by atoms with van der Waals surface area (Å²) in [5.74, 6) is 0.472. The second-order valence-electron chi connectivity index (χ2n) is 5.52. The largest absolute Gasteiger partial charge is 0.370 e. The third kappa shape index (κ3) is 2.08. The molecule has 0 fully saturated rings. The van der Waals surface area contributed by atoms with Crippen molar-refractivity contribution in [3.63, 3.8) is 0 Å². The van der Waals surface area contributed by atoms with Gasteiger partial charge in [0.05, 0.1) is 11.1 Å². The molecule has 0 saturated heterocycles. The van der Waals surface area contributed by atoms with Gasteiger partial charge in [-0.2, -0.15) is 5.26 Å². The quantitative estimate of drug-likeness (QED) is 0.879. The number of benzene rings is 1. The Kier molecular flexibility index (Phi) is 2.99. The van der Waals surface area contributed by atoms with E-state index in [1.807, 2.05) is 23.4 Å². The van der Waals surface area contributed by atoms with Gasteiger partial charge in [0.15, 0.2) is 5.96 Å². The second kappa shape index (κ2) is 4.61. The van der Waals surface area contributed by atoms with Crippen LogP contribution in [0.1, 0.15) is 24.5 Å². The zero-order chi connectivity index (χ0) is 15.2. The highest BCUT2D eigenvalue weighted by atomic mass is 32.1. The summed E-state index contributed by atoms with van der Waals surface area (Å²) < 4.78 is 1.11. The number of rotatable bonds is 1. The molecule has 0 amide bonds. The van der Waals surface area contributed by atoms with Crippen LogP contribution >= 0.6 is 11.3 Å². The zero-order valence-electron chi connectivity index (χ0n) is 12.1. The maximum absolute atomic E-state index is 9.20. The van der Waals surface area contributed by atoms with E-state index in [4.69, 9.17) is 5.73 Å². The molecule has 106 valence electrons. The number of fused-ring (bicyclic) bond motifs is 1. The molecule has 0 bridgehead atoms. The van der Waals surface area contributed by atoms with Gasteiger partial charge in [-0.3, -0.25) is 0 Å². The molecule has 21 heavy (non-hydrogen) atoms. The maximum Gasteiger partial charge on any atom is 0.196 e. The predicted molar refractivity (Wildman–Crippen MR) is 87.0 cm³/mol. The minimum Gasteiger partial charge on any atom is -0.370 e. The molecule has 0 unspecified atom stereocenters. The highest BCUT2D eigenvalue weighted by Gasteiger charge is 2.33. The van der Waals surface area contributed by atoms with Gasteiger partial charge >= 0.3 is 0 Å². The molecule has 5 heteroatoms. The van der Waals surface area contributed by atoms with Crippen LogP contribution in [0.25, 0.3) is 10.1 Å². The van der Waals surface area contributed by atoms with Crippen LogP contribution in [0.15, 0.2) is 40.8 Å². The number of nitrogens with zero attached hydrogens (tertiary/aromatic N) is 3. The number of nitriles is 1. The molecule has 0 aliphatic carbocycles. The lowest BCUT2D eigenvalue weighted by Gasteiger charge is -2.36. The molecular formula is C16H16N4S. The molecule has 1 aliphatic rings. The van der Waals surface area contributed by atoms with E-state index in [0.717, 1.165) is 21.3 Å². The summed E-state index contributed by atoms with van der Waals surface area (Å²) in [6, 6.07) is 8.41. The fourth-order valence-electron chi connectivity index (χ4n) is 2.66. The minimum absolute atomic E-state index is 0.434. The molecule has 0 spiro atoms. The van der Waals surface area contributed by atoms with E-state index in [0.29, 0.717) is 17.9 Å². The SMILES string of the molecule is C=C1C[C@@](C)(c2ccc3scc(C#N)c3c2)N=C(N)N1C. The van der Waals surface area contributed by atoms with Gasteiger partial charge < -0.3 is 10.6 Å². The van der Waals surface area contributed by atoms with Crippen molar-refractivity contribution in [1.82, 2.24) is 4.90 Å². The molecule has 1 aliphatic heterocycles. The molecule has 0 saturated carbocycles. The Morgan fingerprint density at radius 2 is 2.29 bits per heavy atom. The Bertz CT molecular complexity index is 811. The van der Waals surface area contributed by atoms with Gasteiger partial charge in [-0.05, 0) is 24.6 Å². The number of aliphatic imine (C=N–C) groups is 1. The Labute approximate surface area is 127 Å². The molecule has 0 radical (unpaired) electrons. The van der Waals surface area contributed by atoms with Gasteiger partial charge in [0.25, 0.3) is 0 Å². The van der Waals surface area contributed by atoms with Gasteiger partial charge in [0.2, 0.25) is 0 Å². The third-order valence-corrected chi connectivity index (χ3v) is 5.01. The molecular weight excluding hydrogens is 280 g/mol. The summed E-state index contributed by atoms with van der Waals surface area (Å²) in [5, 5.41) is 12.1. The highest BCUT2D eigenvalue weighted by Crippen LogP contribution is 2.38. The van der Waals surface area contributed by atoms with Crippen LogP contribution in [-0.2, 0) is 5.54 Å². The van der Waals surface area contributed by atoms with Crippen LogP contribution in [0.3, 0.4) is 0 Å². The van der Waals surface area contributed by atoms with Gasteiger partial charge in [-0.25, -0.2) is 4.99 Å². The molecule has 3 rings (SSSR count). The summed E-state index contributed by atoms with van der Waals surface area (Å²) in [6.45, 7) is 6.12. The van der Waals surface area contributed by atoms with Crippen LogP contribution in [0.5, 0.6) is 0 Å². The fraction of sp³-hybridized carbons (Fsp3) is 0.250. The molecule has 4 nitrogen and oxygen atoms in total. The average Bonchev–Trinajstić information content (AvgIpc) is 2.86. The molecule has 2 heterocycles. The first-order chi connectivity index (χ1) is 9.94. The van der Waals surface area contributed by atoms with Crippen molar-refractivity contribution >= 4 is 27.4 Å². The average molecular weight is 296 g/mol. The van der Waals surface area contributed by atoms with Gasteiger partial charge in [-0.1, -0.05) is 12.6 Å². The molecule has 1 aromatic carbocycles. The van der Waals surface area contributed by atoms with Crippen LogP contribution < -0.4 is 5.73 Å². The molecule has 2 aromatic rings. The lowest BCUT2D eigenvalue weighted by atomic mass is 9.86. The lowest BCUT2D eigenvalue weighted by Crippen LogP contribution is -2.42. The Morgan fingerprint density at radius 1 is 1.52 bits per heavy atom. The van der Waals surface area contributed by atoms with E-state index in [-0.39, 0.29) is 0 Å². The highest BCUT2D eigenvalue weighted by molar-refractivity contribution is 7.17. The van der Waals surface area contributed by atoms with Gasteiger partial charge in [0, 0.05) is 34.6 Å². The summed E-state index contributed by atoms with van der Waals surface area (Å²) in [7, 11) is 1.87.